The molecule has 24 heavy (non-hydrogen) atoms. The van der Waals surface area contributed by atoms with Gasteiger partial charge in [-0.15, -0.1) is 13.2 Å². The molecule has 1 atom stereocenters. The molecule has 1 heterocycles. The van der Waals surface area contributed by atoms with Crippen molar-refractivity contribution in [3.8, 4) is 11.5 Å². The van der Waals surface area contributed by atoms with Crippen molar-refractivity contribution in [2.24, 2.45) is 5.73 Å². The van der Waals surface area contributed by atoms with Gasteiger partial charge in [-0.05, 0) is 41.5 Å². The van der Waals surface area contributed by atoms with Gasteiger partial charge < -0.3 is 20.2 Å². The van der Waals surface area contributed by atoms with E-state index in [4.69, 9.17) is 10.5 Å². The largest absolute Gasteiger partial charge is 0.573 e. The fourth-order valence-electron chi connectivity index (χ4n) is 2.56. The van der Waals surface area contributed by atoms with Gasteiger partial charge in [0.2, 0.25) is 0 Å². The molecule has 0 aliphatic rings. The van der Waals surface area contributed by atoms with Gasteiger partial charge in [-0.1, -0.05) is 12.1 Å². The molecule has 0 bridgehead atoms. The van der Waals surface area contributed by atoms with Gasteiger partial charge in [0, 0.05) is 17.1 Å². The monoisotopic (exact) mass is 336 g/mol. The number of halogens is 3. The number of hydrogen-bond acceptors (Lipinski definition) is 3. The van der Waals surface area contributed by atoms with Gasteiger partial charge in [-0.3, -0.25) is 0 Å². The summed E-state index contributed by atoms with van der Waals surface area (Å²) in [7, 11) is 1.58. The fourth-order valence-corrected chi connectivity index (χ4v) is 2.56. The second-order valence-corrected chi connectivity index (χ2v) is 5.25. The van der Waals surface area contributed by atoms with E-state index in [2.05, 4.69) is 9.72 Å². The Labute approximate surface area is 136 Å². The highest BCUT2D eigenvalue weighted by Gasteiger charge is 2.31. The molecular weight excluding hydrogens is 321 g/mol. The lowest BCUT2D eigenvalue weighted by Gasteiger charge is -2.13. The average Bonchev–Trinajstić information content (AvgIpc) is 2.96. The number of aromatic amines is 1. The molecule has 0 radical (unpaired) electrons. The Balaban J connectivity index is 1.90. The molecule has 0 aliphatic carbocycles. The highest BCUT2D eigenvalue weighted by Crippen LogP contribution is 2.31. The number of aromatic nitrogens is 1. The summed E-state index contributed by atoms with van der Waals surface area (Å²) < 4.78 is 45.7. The first kappa shape index (κ1) is 16.2. The smallest absolute Gasteiger partial charge is 0.497 e. The van der Waals surface area contributed by atoms with Crippen LogP contribution in [0.1, 0.15) is 17.2 Å². The molecule has 7 heteroatoms. The predicted molar refractivity (Wildman–Crippen MR) is 84.0 cm³/mol. The molecule has 3 aromatic rings. The van der Waals surface area contributed by atoms with Crippen LogP contribution in [-0.2, 0) is 0 Å². The van der Waals surface area contributed by atoms with Crippen molar-refractivity contribution in [2.45, 2.75) is 12.4 Å². The predicted octanol–water partition coefficient (Wildman–Crippen LogP) is 4.12. The van der Waals surface area contributed by atoms with Gasteiger partial charge >= 0.3 is 6.36 Å². The highest BCUT2D eigenvalue weighted by molar-refractivity contribution is 5.85. The third-order valence-electron chi connectivity index (χ3n) is 3.73. The van der Waals surface area contributed by atoms with E-state index in [1.54, 1.807) is 13.3 Å². The summed E-state index contributed by atoms with van der Waals surface area (Å²) in [5.74, 6) is 0.420. The van der Waals surface area contributed by atoms with Crippen LogP contribution in [0.3, 0.4) is 0 Å². The first-order valence-electron chi connectivity index (χ1n) is 7.14. The number of alkyl halides is 3. The summed E-state index contributed by atoms with van der Waals surface area (Å²) in [5.41, 5.74) is 8.67. The maximum atomic E-state index is 12.2. The van der Waals surface area contributed by atoms with E-state index in [1.165, 1.54) is 24.3 Å². The molecule has 126 valence electrons. The summed E-state index contributed by atoms with van der Waals surface area (Å²) in [4.78, 5) is 3.12. The SMILES string of the molecule is COc1ccc2[nH]cc([C@H](N)c3ccc(OC(F)(F)F)cc3)c2c1. The van der Waals surface area contributed by atoms with Crippen molar-refractivity contribution in [3.05, 3.63) is 59.8 Å². The third kappa shape index (κ3) is 3.30. The molecule has 3 N–H and O–H groups in total. The van der Waals surface area contributed by atoms with Crippen LogP contribution in [0.2, 0.25) is 0 Å². The van der Waals surface area contributed by atoms with Crippen molar-refractivity contribution in [2.75, 3.05) is 7.11 Å². The molecule has 0 amide bonds. The topological polar surface area (TPSA) is 60.3 Å². The number of ether oxygens (including phenoxy) is 2. The maximum Gasteiger partial charge on any atom is 0.573 e. The first-order valence-corrected chi connectivity index (χ1v) is 7.14. The van der Waals surface area contributed by atoms with Crippen molar-refractivity contribution in [3.63, 3.8) is 0 Å². The highest BCUT2D eigenvalue weighted by atomic mass is 19.4. The van der Waals surface area contributed by atoms with Gasteiger partial charge in [-0.2, -0.15) is 0 Å². The van der Waals surface area contributed by atoms with Crippen LogP contribution < -0.4 is 15.2 Å². The molecule has 0 saturated heterocycles. The molecule has 0 spiro atoms. The van der Waals surface area contributed by atoms with E-state index in [1.807, 2.05) is 18.2 Å². The van der Waals surface area contributed by atoms with Crippen LogP contribution in [0.4, 0.5) is 13.2 Å². The number of nitrogens with two attached hydrogens (primary N) is 1. The summed E-state index contributed by atoms with van der Waals surface area (Å²) in [6.07, 6.45) is -2.92. The van der Waals surface area contributed by atoms with E-state index in [9.17, 15) is 13.2 Å². The fraction of sp³-hybridized carbons (Fsp3) is 0.176. The van der Waals surface area contributed by atoms with Crippen LogP contribution in [-0.4, -0.2) is 18.5 Å². The summed E-state index contributed by atoms with van der Waals surface area (Å²) in [5, 5.41) is 0.900. The third-order valence-corrected chi connectivity index (χ3v) is 3.73. The maximum absolute atomic E-state index is 12.2. The van der Waals surface area contributed by atoms with E-state index in [0.717, 1.165) is 16.5 Å². The summed E-state index contributed by atoms with van der Waals surface area (Å²) >= 11 is 0. The van der Waals surface area contributed by atoms with Gasteiger partial charge in [0.25, 0.3) is 0 Å². The Morgan fingerprint density at radius 2 is 1.71 bits per heavy atom. The molecule has 4 nitrogen and oxygen atoms in total. The van der Waals surface area contributed by atoms with E-state index in [-0.39, 0.29) is 5.75 Å². The number of rotatable bonds is 4. The van der Waals surface area contributed by atoms with Gasteiger partial charge in [-0.25, -0.2) is 0 Å². The van der Waals surface area contributed by atoms with Crippen LogP contribution in [0, 0.1) is 0 Å². The van der Waals surface area contributed by atoms with Crippen LogP contribution >= 0.6 is 0 Å². The molecular formula is C17H15F3N2O2. The Kier molecular flexibility index (Phi) is 4.11. The van der Waals surface area contributed by atoms with Crippen LogP contribution in [0.5, 0.6) is 11.5 Å². The Morgan fingerprint density at radius 3 is 2.33 bits per heavy atom. The van der Waals surface area contributed by atoms with Crippen molar-refractivity contribution < 1.29 is 22.6 Å². The number of H-pyrrole nitrogens is 1. The van der Waals surface area contributed by atoms with Crippen LogP contribution in [0.15, 0.2) is 48.7 Å². The summed E-state index contributed by atoms with van der Waals surface area (Å²) in [6.45, 7) is 0. The minimum atomic E-state index is -4.71. The number of nitrogens with one attached hydrogen (secondary N) is 1. The number of benzene rings is 2. The average molecular weight is 336 g/mol. The van der Waals surface area contributed by atoms with Gasteiger partial charge in [0.1, 0.15) is 11.5 Å². The molecule has 0 fully saturated rings. The van der Waals surface area contributed by atoms with Gasteiger partial charge in [0.05, 0.1) is 13.2 Å². The van der Waals surface area contributed by atoms with E-state index >= 15 is 0 Å². The zero-order chi connectivity index (χ0) is 17.3. The van der Waals surface area contributed by atoms with Crippen LogP contribution in [0.25, 0.3) is 10.9 Å². The Morgan fingerprint density at radius 1 is 1.04 bits per heavy atom. The normalized spacial score (nSPS) is 13.0. The molecule has 1 aromatic heterocycles. The minimum Gasteiger partial charge on any atom is -0.497 e. The zero-order valence-electron chi connectivity index (χ0n) is 12.7. The van der Waals surface area contributed by atoms with Crippen molar-refractivity contribution >= 4 is 10.9 Å². The lowest BCUT2D eigenvalue weighted by atomic mass is 9.99. The molecule has 0 saturated carbocycles. The quantitative estimate of drug-likeness (QED) is 0.753. The van der Waals surface area contributed by atoms with E-state index in [0.29, 0.717) is 11.3 Å². The standard InChI is InChI=1S/C17H15F3N2O2/c1-23-12-6-7-15-13(8-12)14(9-22-15)16(21)10-2-4-11(5-3-10)24-17(18,19)20/h2-9,16,22H,21H2,1H3/t16-/m1/s1. The lowest BCUT2D eigenvalue weighted by molar-refractivity contribution is -0.274. The minimum absolute atomic E-state index is 0.279. The molecule has 3 rings (SSSR count). The number of fused-ring (bicyclic) bond motifs is 1. The van der Waals surface area contributed by atoms with Crippen molar-refractivity contribution in [1.82, 2.24) is 4.98 Å². The summed E-state index contributed by atoms with van der Waals surface area (Å²) in [6, 6.07) is 10.6. The number of methoxy groups -OCH3 is 1. The second-order valence-electron chi connectivity index (χ2n) is 5.25. The lowest BCUT2D eigenvalue weighted by Crippen LogP contribution is -2.17. The molecule has 0 aliphatic heterocycles. The molecule has 2 aromatic carbocycles. The second kappa shape index (κ2) is 6.09. The van der Waals surface area contributed by atoms with Crippen molar-refractivity contribution in [1.29, 1.82) is 0 Å². The zero-order valence-corrected chi connectivity index (χ0v) is 12.7. The Hall–Kier alpha value is -2.67. The van der Waals surface area contributed by atoms with E-state index < -0.39 is 12.4 Å². The first-order chi connectivity index (χ1) is 11.4. The molecule has 0 unspecified atom stereocenters. The Bertz CT molecular complexity index is 841. The van der Waals surface area contributed by atoms with Gasteiger partial charge in [0.15, 0.2) is 0 Å². The number of hydrogen-bond donors (Lipinski definition) is 2.